The van der Waals surface area contributed by atoms with Crippen molar-refractivity contribution in [3.63, 3.8) is 0 Å². The third-order valence-electron chi connectivity index (χ3n) is 3.38. The minimum Gasteiger partial charge on any atom is -0.339 e. The van der Waals surface area contributed by atoms with Crippen LogP contribution in [0, 0.1) is 0 Å². The fourth-order valence-corrected chi connectivity index (χ4v) is 3.14. The average Bonchev–Trinajstić information content (AvgIpc) is 3.08. The molecule has 1 aromatic carbocycles. The smallest absolute Gasteiger partial charge is 0.232 e. The highest BCUT2D eigenvalue weighted by atomic mass is 32.2. The Morgan fingerprint density at radius 1 is 1.18 bits per heavy atom. The van der Waals surface area contributed by atoms with Gasteiger partial charge in [0.15, 0.2) is 11.0 Å². The lowest BCUT2D eigenvalue weighted by Crippen LogP contribution is -2.11. The first-order valence-corrected chi connectivity index (χ1v) is 8.38. The molecule has 0 aliphatic carbocycles. The van der Waals surface area contributed by atoms with Crippen LogP contribution in [0.5, 0.6) is 0 Å². The molecule has 0 bridgehead atoms. The molecule has 0 saturated heterocycles. The van der Waals surface area contributed by atoms with Crippen LogP contribution in [0.3, 0.4) is 0 Å². The normalized spacial score (nSPS) is 12.2. The van der Waals surface area contributed by atoms with Crippen LogP contribution in [0.15, 0.2) is 33.9 Å². The van der Waals surface area contributed by atoms with E-state index >= 15 is 0 Å². The van der Waals surface area contributed by atoms with E-state index in [2.05, 4.69) is 48.5 Å². The summed E-state index contributed by atoms with van der Waals surface area (Å²) in [5.74, 6) is 2.04. The van der Waals surface area contributed by atoms with Gasteiger partial charge in [-0.05, 0) is 19.1 Å². The molecule has 0 saturated carbocycles. The fraction of sp³-hybridized carbons (Fsp3) is 0.438. The first kappa shape index (κ1) is 15.1. The standard InChI is InChI=1S/C16H20N4OS/c1-5-20-12-9-7-6-8-11(12)17-15(20)22-10-13-18-14(21-19-13)16(2,3)4/h6-9H,5,10H2,1-4H3. The van der Waals surface area contributed by atoms with E-state index in [4.69, 9.17) is 9.51 Å². The molecular weight excluding hydrogens is 296 g/mol. The van der Waals surface area contributed by atoms with E-state index in [1.165, 1.54) is 0 Å². The minimum absolute atomic E-state index is 0.119. The zero-order chi connectivity index (χ0) is 15.7. The summed E-state index contributed by atoms with van der Waals surface area (Å²) >= 11 is 1.64. The predicted molar refractivity (Wildman–Crippen MR) is 88.0 cm³/mol. The molecular formula is C16H20N4OS. The lowest BCUT2D eigenvalue weighted by molar-refractivity contribution is 0.319. The summed E-state index contributed by atoms with van der Waals surface area (Å²) in [6.45, 7) is 9.21. The van der Waals surface area contributed by atoms with E-state index in [9.17, 15) is 0 Å². The number of rotatable bonds is 4. The van der Waals surface area contributed by atoms with Crippen LogP contribution in [0.2, 0.25) is 0 Å². The highest BCUT2D eigenvalue weighted by molar-refractivity contribution is 7.98. The summed E-state index contributed by atoms with van der Waals surface area (Å²) in [5, 5.41) is 5.05. The van der Waals surface area contributed by atoms with E-state index in [-0.39, 0.29) is 5.41 Å². The van der Waals surface area contributed by atoms with Gasteiger partial charge in [0.25, 0.3) is 0 Å². The van der Waals surface area contributed by atoms with Gasteiger partial charge in [-0.3, -0.25) is 0 Å². The van der Waals surface area contributed by atoms with Crippen LogP contribution < -0.4 is 0 Å². The van der Waals surface area contributed by atoms with Gasteiger partial charge in [0, 0.05) is 12.0 Å². The molecule has 116 valence electrons. The summed E-state index contributed by atoms with van der Waals surface area (Å²) in [5.41, 5.74) is 2.07. The van der Waals surface area contributed by atoms with Crippen molar-refractivity contribution in [3.8, 4) is 0 Å². The second-order valence-corrected chi connectivity index (χ2v) is 7.12. The number of para-hydroxylation sites is 2. The van der Waals surface area contributed by atoms with Crippen LogP contribution >= 0.6 is 11.8 Å². The molecule has 3 aromatic rings. The van der Waals surface area contributed by atoms with Crippen LogP contribution in [-0.4, -0.2) is 19.7 Å². The van der Waals surface area contributed by atoms with E-state index in [0.29, 0.717) is 17.5 Å². The van der Waals surface area contributed by atoms with Crippen molar-refractivity contribution in [3.05, 3.63) is 36.0 Å². The number of nitrogens with zero attached hydrogens (tertiary/aromatic N) is 4. The largest absolute Gasteiger partial charge is 0.339 e. The number of imidazole rings is 1. The molecule has 3 rings (SSSR count). The Morgan fingerprint density at radius 3 is 2.64 bits per heavy atom. The summed E-state index contributed by atoms with van der Waals surface area (Å²) in [6, 6.07) is 8.19. The van der Waals surface area contributed by atoms with Crippen molar-refractivity contribution in [1.82, 2.24) is 19.7 Å². The van der Waals surface area contributed by atoms with E-state index < -0.39 is 0 Å². The number of hydrogen-bond donors (Lipinski definition) is 0. The highest BCUT2D eigenvalue weighted by Gasteiger charge is 2.22. The minimum atomic E-state index is -0.119. The number of aryl methyl sites for hydroxylation is 1. The van der Waals surface area contributed by atoms with Gasteiger partial charge >= 0.3 is 0 Å². The summed E-state index contributed by atoms with van der Waals surface area (Å²) < 4.78 is 7.54. The van der Waals surface area contributed by atoms with Crippen molar-refractivity contribution >= 4 is 22.8 Å². The van der Waals surface area contributed by atoms with Gasteiger partial charge in [0.05, 0.1) is 16.8 Å². The van der Waals surface area contributed by atoms with Crippen molar-refractivity contribution in [2.45, 2.75) is 50.6 Å². The Bertz CT molecular complexity index is 785. The van der Waals surface area contributed by atoms with Gasteiger partial charge in [0.1, 0.15) is 0 Å². The van der Waals surface area contributed by atoms with Crippen LogP contribution in [0.4, 0.5) is 0 Å². The molecule has 2 aromatic heterocycles. The van der Waals surface area contributed by atoms with Crippen LogP contribution in [0.25, 0.3) is 11.0 Å². The quantitative estimate of drug-likeness (QED) is 0.680. The van der Waals surface area contributed by atoms with Crippen molar-refractivity contribution < 1.29 is 4.52 Å². The number of thioether (sulfide) groups is 1. The van der Waals surface area contributed by atoms with E-state index in [0.717, 1.165) is 22.7 Å². The monoisotopic (exact) mass is 316 g/mol. The van der Waals surface area contributed by atoms with Gasteiger partial charge in [-0.25, -0.2) is 4.98 Å². The Hall–Kier alpha value is -1.82. The first-order valence-electron chi connectivity index (χ1n) is 7.40. The third kappa shape index (κ3) is 2.88. The van der Waals surface area contributed by atoms with Crippen molar-refractivity contribution in [2.24, 2.45) is 0 Å². The zero-order valence-electron chi connectivity index (χ0n) is 13.3. The molecule has 6 heteroatoms. The van der Waals surface area contributed by atoms with Gasteiger partial charge in [-0.15, -0.1) is 0 Å². The number of hydrogen-bond acceptors (Lipinski definition) is 5. The van der Waals surface area contributed by atoms with Crippen molar-refractivity contribution in [2.75, 3.05) is 0 Å². The number of fused-ring (bicyclic) bond motifs is 1. The van der Waals surface area contributed by atoms with Crippen LogP contribution in [-0.2, 0) is 17.7 Å². The molecule has 2 heterocycles. The summed E-state index contributed by atoms with van der Waals surface area (Å²) in [7, 11) is 0. The molecule has 0 N–H and O–H groups in total. The average molecular weight is 316 g/mol. The maximum Gasteiger partial charge on any atom is 0.232 e. The molecule has 0 fully saturated rings. The third-order valence-corrected chi connectivity index (χ3v) is 4.35. The molecule has 0 aliphatic heterocycles. The molecule has 0 unspecified atom stereocenters. The molecule has 0 atom stereocenters. The molecule has 5 nitrogen and oxygen atoms in total. The Labute approximate surface area is 134 Å². The SMILES string of the molecule is CCn1c(SCc2noc(C(C)(C)C)n2)nc2ccccc21. The highest BCUT2D eigenvalue weighted by Crippen LogP contribution is 2.27. The Morgan fingerprint density at radius 2 is 1.95 bits per heavy atom. The van der Waals surface area contributed by atoms with Gasteiger partial charge in [-0.1, -0.05) is 49.8 Å². The lowest BCUT2D eigenvalue weighted by Gasteiger charge is -2.10. The number of aromatic nitrogens is 4. The molecule has 22 heavy (non-hydrogen) atoms. The zero-order valence-corrected chi connectivity index (χ0v) is 14.1. The summed E-state index contributed by atoms with van der Waals surface area (Å²) in [4.78, 5) is 9.16. The maximum absolute atomic E-state index is 5.33. The Kier molecular flexibility index (Phi) is 3.95. The molecule has 0 spiro atoms. The Balaban J connectivity index is 1.80. The topological polar surface area (TPSA) is 56.7 Å². The molecule has 0 radical (unpaired) electrons. The maximum atomic E-state index is 5.33. The second kappa shape index (κ2) is 5.76. The van der Waals surface area contributed by atoms with E-state index in [1.54, 1.807) is 11.8 Å². The van der Waals surface area contributed by atoms with Gasteiger partial charge in [-0.2, -0.15) is 4.98 Å². The van der Waals surface area contributed by atoms with Crippen LogP contribution in [0.1, 0.15) is 39.4 Å². The van der Waals surface area contributed by atoms with Crippen molar-refractivity contribution in [1.29, 1.82) is 0 Å². The first-order chi connectivity index (χ1) is 10.5. The molecule has 0 aliphatic rings. The summed E-state index contributed by atoms with van der Waals surface area (Å²) in [6.07, 6.45) is 0. The molecule has 0 amide bonds. The predicted octanol–water partition coefficient (Wildman–Crippen LogP) is 4.03. The fourth-order valence-electron chi connectivity index (χ4n) is 2.22. The second-order valence-electron chi connectivity index (χ2n) is 6.18. The lowest BCUT2D eigenvalue weighted by atomic mass is 9.97. The van der Waals surface area contributed by atoms with Gasteiger partial charge in [0.2, 0.25) is 5.89 Å². The van der Waals surface area contributed by atoms with Gasteiger partial charge < -0.3 is 9.09 Å². The number of benzene rings is 1. The van der Waals surface area contributed by atoms with E-state index in [1.807, 2.05) is 18.2 Å².